The normalized spacial score (nSPS) is 12.0. The van der Waals surface area contributed by atoms with Crippen LogP contribution in [0.4, 0.5) is 5.13 Å². The number of nitrogens with zero attached hydrogens (tertiary/aromatic N) is 2. The molecule has 1 amide bonds. The zero-order chi connectivity index (χ0) is 17.1. The summed E-state index contributed by atoms with van der Waals surface area (Å²) < 4.78 is 6.08. The number of anilines is 1. The molecule has 1 rings (SSSR count). The van der Waals surface area contributed by atoms with Crippen molar-refractivity contribution >= 4 is 40.1 Å². The van der Waals surface area contributed by atoms with Gasteiger partial charge in [0.1, 0.15) is 0 Å². The maximum atomic E-state index is 11.8. The number of carbonyl (C=O) groups is 2. The van der Waals surface area contributed by atoms with Crippen LogP contribution in [-0.4, -0.2) is 34.4 Å². The van der Waals surface area contributed by atoms with Crippen LogP contribution in [0.25, 0.3) is 0 Å². The first-order chi connectivity index (χ1) is 11.0. The van der Waals surface area contributed by atoms with Crippen molar-refractivity contribution in [2.45, 2.75) is 57.2 Å². The first kappa shape index (κ1) is 19.9. The van der Waals surface area contributed by atoms with Crippen molar-refractivity contribution < 1.29 is 14.3 Å². The van der Waals surface area contributed by atoms with Crippen LogP contribution < -0.4 is 5.32 Å². The Labute approximate surface area is 145 Å². The molecule has 0 aromatic carbocycles. The van der Waals surface area contributed by atoms with E-state index in [1.165, 1.54) is 42.9 Å². The van der Waals surface area contributed by atoms with Crippen molar-refractivity contribution in [3.8, 4) is 0 Å². The molecule has 1 aromatic rings. The summed E-state index contributed by atoms with van der Waals surface area (Å²) in [5.74, 6) is 0.725. The smallest absolute Gasteiger partial charge is 0.306 e. The predicted molar refractivity (Wildman–Crippen MR) is 93.8 cm³/mol. The molecule has 1 atom stereocenters. The van der Waals surface area contributed by atoms with E-state index in [4.69, 9.17) is 4.74 Å². The number of hydrogen-bond donors (Lipinski definition) is 1. The summed E-state index contributed by atoms with van der Waals surface area (Å²) in [6, 6.07) is 0. The maximum Gasteiger partial charge on any atom is 0.306 e. The molecule has 0 aliphatic carbocycles. The van der Waals surface area contributed by atoms with Crippen molar-refractivity contribution in [2.75, 3.05) is 17.7 Å². The number of aromatic nitrogens is 2. The average Bonchev–Trinajstić information content (AvgIpc) is 2.94. The van der Waals surface area contributed by atoms with Crippen molar-refractivity contribution in [1.82, 2.24) is 10.2 Å². The van der Waals surface area contributed by atoms with Crippen molar-refractivity contribution in [3.63, 3.8) is 0 Å². The molecule has 0 saturated heterocycles. The third kappa shape index (κ3) is 8.90. The number of ether oxygens (including phenoxy) is 1. The predicted octanol–water partition coefficient (Wildman–Crippen LogP) is 3.74. The highest BCUT2D eigenvalue weighted by molar-refractivity contribution is 8.01. The Balaban J connectivity index is 2.20. The average molecular weight is 360 g/mol. The van der Waals surface area contributed by atoms with Crippen LogP contribution >= 0.6 is 23.1 Å². The quantitative estimate of drug-likeness (QED) is 0.368. The van der Waals surface area contributed by atoms with Gasteiger partial charge in [0.05, 0.1) is 13.0 Å². The number of carbonyl (C=O) groups excluding carboxylic acids is 2. The zero-order valence-corrected chi connectivity index (χ0v) is 15.6. The summed E-state index contributed by atoms with van der Waals surface area (Å²) in [4.78, 5) is 22.7. The van der Waals surface area contributed by atoms with Gasteiger partial charge in [0.15, 0.2) is 4.34 Å². The van der Waals surface area contributed by atoms with Crippen LogP contribution in [0.1, 0.15) is 52.9 Å². The molecule has 0 fully saturated rings. The van der Waals surface area contributed by atoms with Gasteiger partial charge in [0.25, 0.3) is 0 Å². The molecular weight excluding hydrogens is 334 g/mol. The van der Waals surface area contributed by atoms with Crippen LogP contribution in [-0.2, 0) is 14.3 Å². The third-order valence-corrected chi connectivity index (χ3v) is 5.22. The van der Waals surface area contributed by atoms with Gasteiger partial charge >= 0.3 is 5.97 Å². The second-order valence-corrected chi connectivity index (χ2v) is 7.57. The summed E-state index contributed by atoms with van der Waals surface area (Å²) >= 11 is 2.74. The molecule has 0 spiro atoms. The molecule has 0 aliphatic rings. The second kappa shape index (κ2) is 11.4. The first-order valence-electron chi connectivity index (χ1n) is 7.94. The zero-order valence-electron chi connectivity index (χ0n) is 14.0. The van der Waals surface area contributed by atoms with Gasteiger partial charge < -0.3 is 10.1 Å². The van der Waals surface area contributed by atoms with Crippen LogP contribution in [0.2, 0.25) is 0 Å². The molecule has 0 bridgehead atoms. The third-order valence-electron chi connectivity index (χ3n) is 3.24. The molecule has 0 radical (unpaired) electrons. The molecule has 6 nitrogen and oxygen atoms in total. The summed E-state index contributed by atoms with van der Waals surface area (Å²) in [6.07, 6.45) is 4.86. The lowest BCUT2D eigenvalue weighted by molar-refractivity contribution is -0.144. The maximum absolute atomic E-state index is 11.8. The molecule has 130 valence electrons. The van der Waals surface area contributed by atoms with Gasteiger partial charge in [-0.15, -0.1) is 10.2 Å². The van der Waals surface area contributed by atoms with E-state index in [1.807, 2.05) is 0 Å². The topological polar surface area (TPSA) is 81.2 Å². The van der Waals surface area contributed by atoms with Crippen LogP contribution in [0.15, 0.2) is 4.34 Å². The number of hydrogen-bond acceptors (Lipinski definition) is 7. The van der Waals surface area contributed by atoms with E-state index < -0.39 is 0 Å². The number of unbranched alkanes of at least 4 members (excludes halogenated alkanes) is 1. The van der Waals surface area contributed by atoms with Gasteiger partial charge in [0.2, 0.25) is 11.0 Å². The van der Waals surface area contributed by atoms with Crippen LogP contribution in [0, 0.1) is 5.92 Å². The first-order valence-corrected chi connectivity index (χ1v) is 9.74. The Hall–Kier alpha value is -1.15. The van der Waals surface area contributed by atoms with E-state index in [0.717, 1.165) is 17.2 Å². The van der Waals surface area contributed by atoms with Gasteiger partial charge in [-0.3, -0.25) is 9.59 Å². The van der Waals surface area contributed by atoms with Gasteiger partial charge in [-0.25, -0.2) is 0 Å². The fourth-order valence-electron chi connectivity index (χ4n) is 1.87. The largest absolute Gasteiger partial charge is 0.465 e. The van der Waals surface area contributed by atoms with E-state index in [0.29, 0.717) is 29.8 Å². The minimum Gasteiger partial charge on any atom is -0.465 e. The molecule has 0 saturated carbocycles. The number of esters is 1. The van der Waals surface area contributed by atoms with Crippen LogP contribution in [0.3, 0.4) is 0 Å². The van der Waals surface area contributed by atoms with Crippen molar-refractivity contribution in [3.05, 3.63) is 0 Å². The minimum atomic E-state index is -0.171. The minimum absolute atomic E-state index is 0.168. The summed E-state index contributed by atoms with van der Waals surface area (Å²) in [7, 11) is 0. The van der Waals surface area contributed by atoms with E-state index in [9.17, 15) is 9.59 Å². The lowest BCUT2D eigenvalue weighted by Crippen LogP contribution is -2.14. The molecule has 0 aliphatic heterocycles. The molecule has 8 heteroatoms. The van der Waals surface area contributed by atoms with E-state index >= 15 is 0 Å². The Kier molecular flexibility index (Phi) is 9.86. The Morgan fingerprint density at radius 1 is 1.35 bits per heavy atom. The van der Waals surface area contributed by atoms with Gasteiger partial charge in [-0.1, -0.05) is 56.2 Å². The summed E-state index contributed by atoms with van der Waals surface area (Å²) in [5.41, 5.74) is 0. The molecule has 23 heavy (non-hydrogen) atoms. The Bertz CT molecular complexity index is 494. The standard InChI is InChI=1S/C15H25N3O3S2/c1-4-6-7-12(5-2)10-21-13(20)8-9-22-15-18-17-14(23-15)16-11(3)19/h12H,4-10H2,1-3H3,(H,16,17,19). The molecule has 1 unspecified atom stereocenters. The molecular formula is C15H25N3O3S2. The summed E-state index contributed by atoms with van der Waals surface area (Å²) in [6.45, 7) is 6.24. The van der Waals surface area contributed by atoms with Crippen molar-refractivity contribution in [1.29, 1.82) is 0 Å². The highest BCUT2D eigenvalue weighted by Crippen LogP contribution is 2.26. The Morgan fingerprint density at radius 2 is 2.13 bits per heavy atom. The monoisotopic (exact) mass is 359 g/mol. The second-order valence-electron chi connectivity index (χ2n) is 5.25. The van der Waals surface area contributed by atoms with Crippen molar-refractivity contribution in [2.24, 2.45) is 5.92 Å². The molecule has 1 aromatic heterocycles. The van der Waals surface area contributed by atoms with Gasteiger partial charge in [-0.2, -0.15) is 0 Å². The highest BCUT2D eigenvalue weighted by Gasteiger charge is 2.11. The lowest BCUT2D eigenvalue weighted by atomic mass is 10.0. The number of nitrogens with one attached hydrogen (secondary N) is 1. The number of amides is 1. The van der Waals surface area contributed by atoms with E-state index in [1.54, 1.807) is 0 Å². The number of rotatable bonds is 11. The lowest BCUT2D eigenvalue weighted by Gasteiger charge is -2.14. The number of thioether (sulfide) groups is 1. The SMILES string of the molecule is CCCCC(CC)COC(=O)CCSc1nnc(NC(C)=O)s1. The molecule has 1 heterocycles. The Morgan fingerprint density at radius 3 is 2.78 bits per heavy atom. The van der Waals surface area contributed by atoms with E-state index in [2.05, 4.69) is 29.4 Å². The highest BCUT2D eigenvalue weighted by atomic mass is 32.2. The van der Waals surface area contributed by atoms with Gasteiger partial charge in [-0.05, 0) is 12.3 Å². The summed E-state index contributed by atoms with van der Waals surface area (Å²) in [5, 5.41) is 10.9. The fourth-order valence-corrected chi connectivity index (χ4v) is 3.66. The van der Waals surface area contributed by atoms with E-state index in [-0.39, 0.29) is 11.9 Å². The fraction of sp³-hybridized carbons (Fsp3) is 0.733. The molecule has 1 N–H and O–H groups in total. The van der Waals surface area contributed by atoms with Crippen LogP contribution in [0.5, 0.6) is 0 Å². The van der Waals surface area contributed by atoms with Gasteiger partial charge in [0, 0.05) is 12.7 Å².